The van der Waals surface area contributed by atoms with Crippen molar-refractivity contribution in [3.05, 3.63) is 41.7 Å². The maximum absolute atomic E-state index is 13.3. The third kappa shape index (κ3) is 1.64. The first-order valence-electron chi connectivity index (χ1n) is 4.73. The van der Waals surface area contributed by atoms with Gasteiger partial charge in [0.25, 0.3) is 0 Å². The van der Waals surface area contributed by atoms with E-state index in [9.17, 15) is 4.39 Å². The summed E-state index contributed by atoms with van der Waals surface area (Å²) in [6.07, 6.45) is 4.35. The van der Waals surface area contributed by atoms with E-state index in [2.05, 4.69) is 13.0 Å². The lowest BCUT2D eigenvalue weighted by Crippen LogP contribution is -1.85. The summed E-state index contributed by atoms with van der Waals surface area (Å²) in [5.41, 5.74) is 1.96. The van der Waals surface area contributed by atoms with E-state index in [4.69, 9.17) is 0 Å². The number of benzene rings is 1. The Labute approximate surface area is 78.1 Å². The monoisotopic (exact) mass is 176 g/mol. The maximum atomic E-state index is 13.3. The van der Waals surface area contributed by atoms with Crippen LogP contribution in [0, 0.1) is 11.7 Å². The minimum Gasteiger partial charge on any atom is -0.206 e. The van der Waals surface area contributed by atoms with E-state index in [1.807, 2.05) is 12.1 Å². The van der Waals surface area contributed by atoms with Crippen molar-refractivity contribution in [1.29, 1.82) is 0 Å². The molecule has 0 heterocycles. The number of hydrogen-bond donors (Lipinski definition) is 0. The third-order valence-electron chi connectivity index (χ3n) is 2.57. The van der Waals surface area contributed by atoms with Gasteiger partial charge >= 0.3 is 0 Å². The van der Waals surface area contributed by atoms with Gasteiger partial charge in [0.15, 0.2) is 0 Å². The molecule has 0 spiro atoms. The van der Waals surface area contributed by atoms with Gasteiger partial charge in [0.1, 0.15) is 5.82 Å². The minimum atomic E-state index is -0.0946. The summed E-state index contributed by atoms with van der Waals surface area (Å²) < 4.78 is 13.3. The van der Waals surface area contributed by atoms with Gasteiger partial charge in [-0.3, -0.25) is 0 Å². The fraction of sp³-hybridized carbons (Fsp3) is 0.333. The van der Waals surface area contributed by atoms with E-state index >= 15 is 0 Å². The molecule has 13 heavy (non-hydrogen) atoms. The second kappa shape index (κ2) is 3.33. The highest BCUT2D eigenvalue weighted by Crippen LogP contribution is 2.32. The lowest BCUT2D eigenvalue weighted by Gasteiger charge is -2.02. The Bertz CT molecular complexity index is 339. The van der Waals surface area contributed by atoms with Crippen molar-refractivity contribution in [2.75, 3.05) is 0 Å². The topological polar surface area (TPSA) is 0 Å². The van der Waals surface area contributed by atoms with Crippen LogP contribution in [0.1, 0.15) is 25.3 Å². The average Bonchev–Trinajstić information content (AvgIpc) is 2.53. The van der Waals surface area contributed by atoms with E-state index < -0.39 is 0 Å². The van der Waals surface area contributed by atoms with Crippen molar-refractivity contribution in [3.63, 3.8) is 0 Å². The molecule has 2 rings (SSSR count). The Morgan fingerprint density at radius 2 is 2.08 bits per heavy atom. The molecule has 1 aromatic rings. The number of hydrogen-bond acceptors (Lipinski definition) is 0. The van der Waals surface area contributed by atoms with Crippen LogP contribution in [0.25, 0.3) is 5.57 Å². The molecule has 68 valence electrons. The molecule has 1 aliphatic rings. The Morgan fingerprint density at radius 1 is 1.31 bits per heavy atom. The summed E-state index contributed by atoms with van der Waals surface area (Å²) in [7, 11) is 0. The molecule has 1 aliphatic carbocycles. The predicted octanol–water partition coefficient (Wildman–Crippen LogP) is 3.64. The number of halogens is 1. The molecular formula is C12H13F. The molecule has 0 nitrogen and oxygen atoms in total. The molecule has 1 atom stereocenters. The van der Waals surface area contributed by atoms with Crippen LogP contribution >= 0.6 is 0 Å². The van der Waals surface area contributed by atoms with Crippen LogP contribution in [-0.2, 0) is 0 Å². The highest BCUT2D eigenvalue weighted by Gasteiger charge is 2.14. The Morgan fingerprint density at radius 3 is 2.69 bits per heavy atom. The first kappa shape index (κ1) is 8.49. The van der Waals surface area contributed by atoms with Crippen molar-refractivity contribution in [3.8, 4) is 0 Å². The molecule has 0 fully saturated rings. The molecule has 0 aliphatic heterocycles. The maximum Gasteiger partial charge on any atom is 0.130 e. The Kier molecular flexibility index (Phi) is 2.17. The molecule has 0 amide bonds. The normalized spacial score (nSPS) is 21.7. The average molecular weight is 176 g/mol. The van der Waals surface area contributed by atoms with Gasteiger partial charge in [-0.15, -0.1) is 0 Å². The van der Waals surface area contributed by atoms with E-state index in [0.717, 1.165) is 18.4 Å². The molecule has 1 aromatic carbocycles. The van der Waals surface area contributed by atoms with Crippen LogP contribution < -0.4 is 0 Å². The van der Waals surface area contributed by atoms with E-state index in [1.54, 1.807) is 6.07 Å². The summed E-state index contributed by atoms with van der Waals surface area (Å²) in [6, 6.07) is 7.01. The van der Waals surface area contributed by atoms with Gasteiger partial charge in [-0.2, -0.15) is 0 Å². The van der Waals surface area contributed by atoms with Crippen molar-refractivity contribution in [1.82, 2.24) is 0 Å². The lowest BCUT2D eigenvalue weighted by atomic mass is 10.1. The molecule has 0 N–H and O–H groups in total. The van der Waals surface area contributed by atoms with Gasteiger partial charge in [-0.25, -0.2) is 4.39 Å². The first-order valence-corrected chi connectivity index (χ1v) is 4.73. The van der Waals surface area contributed by atoms with Crippen molar-refractivity contribution < 1.29 is 4.39 Å². The zero-order valence-electron chi connectivity index (χ0n) is 7.76. The summed E-state index contributed by atoms with van der Waals surface area (Å²) in [6.45, 7) is 2.17. The van der Waals surface area contributed by atoms with Crippen LogP contribution in [0.2, 0.25) is 0 Å². The van der Waals surface area contributed by atoms with Crippen LogP contribution in [0.3, 0.4) is 0 Å². The summed E-state index contributed by atoms with van der Waals surface area (Å²) in [4.78, 5) is 0. The predicted molar refractivity (Wildman–Crippen MR) is 52.8 cm³/mol. The second-order valence-electron chi connectivity index (χ2n) is 3.69. The van der Waals surface area contributed by atoms with Gasteiger partial charge in [-0.05, 0) is 30.4 Å². The Balaban J connectivity index is 2.36. The molecule has 0 bridgehead atoms. The highest BCUT2D eigenvalue weighted by atomic mass is 19.1. The van der Waals surface area contributed by atoms with Gasteiger partial charge < -0.3 is 0 Å². The van der Waals surface area contributed by atoms with Crippen molar-refractivity contribution >= 4 is 5.57 Å². The van der Waals surface area contributed by atoms with Gasteiger partial charge in [0.05, 0.1) is 0 Å². The summed E-state index contributed by atoms with van der Waals surface area (Å²) in [5, 5.41) is 0. The zero-order chi connectivity index (χ0) is 9.26. The zero-order valence-corrected chi connectivity index (χ0v) is 7.76. The fourth-order valence-corrected chi connectivity index (χ4v) is 1.84. The minimum absolute atomic E-state index is 0.0946. The van der Waals surface area contributed by atoms with Crippen LogP contribution in [-0.4, -0.2) is 0 Å². The van der Waals surface area contributed by atoms with Gasteiger partial charge in [0.2, 0.25) is 0 Å². The van der Waals surface area contributed by atoms with Gasteiger partial charge in [0, 0.05) is 5.56 Å². The smallest absolute Gasteiger partial charge is 0.130 e. The quantitative estimate of drug-likeness (QED) is 0.612. The molecule has 0 saturated carbocycles. The summed E-state index contributed by atoms with van der Waals surface area (Å²) >= 11 is 0. The fourth-order valence-electron chi connectivity index (χ4n) is 1.84. The number of rotatable bonds is 1. The van der Waals surface area contributed by atoms with Crippen molar-refractivity contribution in [2.24, 2.45) is 5.92 Å². The first-order chi connectivity index (χ1) is 6.27. The van der Waals surface area contributed by atoms with E-state index in [0.29, 0.717) is 5.92 Å². The van der Waals surface area contributed by atoms with Crippen LogP contribution in [0.5, 0.6) is 0 Å². The third-order valence-corrected chi connectivity index (χ3v) is 2.57. The van der Waals surface area contributed by atoms with Gasteiger partial charge in [-0.1, -0.05) is 31.2 Å². The molecule has 0 aromatic heterocycles. The standard InChI is InChI=1S/C12H13F/c1-9-6-7-10(8-9)11-4-2-3-5-12(11)13/h2-5,8-9H,6-7H2,1H3. The molecule has 1 heteroatoms. The lowest BCUT2D eigenvalue weighted by molar-refractivity contribution is 0.623. The summed E-state index contributed by atoms with van der Waals surface area (Å²) in [5.74, 6) is 0.512. The highest BCUT2D eigenvalue weighted by molar-refractivity contribution is 5.67. The number of allylic oxidation sites excluding steroid dienone is 2. The Hall–Kier alpha value is -1.11. The van der Waals surface area contributed by atoms with E-state index in [1.165, 1.54) is 11.6 Å². The SMILES string of the molecule is CC1C=C(c2ccccc2F)CC1. The molecule has 0 radical (unpaired) electrons. The largest absolute Gasteiger partial charge is 0.206 e. The van der Waals surface area contributed by atoms with Crippen molar-refractivity contribution in [2.45, 2.75) is 19.8 Å². The van der Waals surface area contributed by atoms with E-state index in [-0.39, 0.29) is 5.82 Å². The molecular weight excluding hydrogens is 163 g/mol. The molecule has 1 unspecified atom stereocenters. The van der Waals surface area contributed by atoms with Crippen LogP contribution in [0.4, 0.5) is 4.39 Å². The van der Waals surface area contributed by atoms with Crippen LogP contribution in [0.15, 0.2) is 30.3 Å². The molecule has 0 saturated heterocycles. The second-order valence-corrected chi connectivity index (χ2v) is 3.69.